The zero-order valence-electron chi connectivity index (χ0n) is 16.8. The van der Waals surface area contributed by atoms with Crippen LogP contribution in [0.15, 0.2) is 34.3 Å². The van der Waals surface area contributed by atoms with Crippen molar-refractivity contribution in [3.8, 4) is 0 Å². The van der Waals surface area contributed by atoms with Gasteiger partial charge in [-0.3, -0.25) is 6.08 Å². The van der Waals surface area contributed by atoms with Gasteiger partial charge in [-0.1, -0.05) is 33.1 Å². The third kappa shape index (κ3) is 6.88. The van der Waals surface area contributed by atoms with Gasteiger partial charge in [0.1, 0.15) is 0 Å². The molecule has 0 N–H and O–H groups in total. The van der Waals surface area contributed by atoms with Gasteiger partial charge in [-0.25, -0.2) is 11.6 Å². The van der Waals surface area contributed by atoms with Crippen molar-refractivity contribution in [1.82, 2.24) is 0 Å². The monoisotopic (exact) mass is 422 g/mol. The molecule has 0 radical (unpaired) electrons. The summed E-state index contributed by atoms with van der Waals surface area (Å²) in [5, 5.41) is 0. The summed E-state index contributed by atoms with van der Waals surface area (Å²) < 4.78 is 11.2. The molecule has 0 atom stereocenters. The van der Waals surface area contributed by atoms with Gasteiger partial charge in [-0.2, -0.15) is 11.1 Å². The summed E-state index contributed by atoms with van der Waals surface area (Å²) >= 11 is 0. The molecular weight excluding hydrogens is 392 g/mol. The standard InChI is InChI=1S/C10H17O2Si.C10H15.Zr/c1-5-11-9-7-6-8-10(9)12-13(2,3)4;1-7-6-10(4,5)9(3)8(7)2;/h8H,5-6H2,1-4H3;1-5H3;/q2*-1;+2. The van der Waals surface area contributed by atoms with Gasteiger partial charge in [-0.05, 0) is 38.1 Å². The van der Waals surface area contributed by atoms with E-state index in [0.717, 1.165) is 17.9 Å². The largest absolute Gasteiger partial charge is 2.00 e. The van der Waals surface area contributed by atoms with Gasteiger partial charge in [0.2, 0.25) is 8.32 Å². The van der Waals surface area contributed by atoms with E-state index in [0.29, 0.717) is 6.61 Å². The van der Waals surface area contributed by atoms with Crippen molar-refractivity contribution in [2.45, 2.75) is 67.6 Å². The Morgan fingerprint density at radius 3 is 2.08 bits per heavy atom. The summed E-state index contributed by atoms with van der Waals surface area (Å²) in [6.07, 6.45) is 9.41. The molecule has 0 aromatic rings. The summed E-state index contributed by atoms with van der Waals surface area (Å²) in [6, 6.07) is 0. The molecule has 0 amide bonds. The smallest absolute Gasteiger partial charge is 0.629 e. The van der Waals surface area contributed by atoms with Gasteiger partial charge in [0.15, 0.2) is 0 Å². The molecule has 0 aliphatic heterocycles. The molecule has 0 saturated heterocycles. The third-order valence-electron chi connectivity index (χ3n) is 4.04. The van der Waals surface area contributed by atoms with Crippen LogP contribution in [0.3, 0.4) is 0 Å². The van der Waals surface area contributed by atoms with Gasteiger partial charge >= 0.3 is 26.2 Å². The van der Waals surface area contributed by atoms with Gasteiger partial charge < -0.3 is 9.16 Å². The van der Waals surface area contributed by atoms with Gasteiger partial charge in [0.05, 0.1) is 6.61 Å². The normalized spacial score (nSPS) is 18.8. The first-order valence-electron chi connectivity index (χ1n) is 8.41. The first-order chi connectivity index (χ1) is 10.5. The molecule has 0 unspecified atom stereocenters. The molecular formula is C20H32O2SiZr. The van der Waals surface area contributed by atoms with Crippen LogP contribution in [-0.4, -0.2) is 14.9 Å². The Morgan fingerprint density at radius 2 is 1.75 bits per heavy atom. The van der Waals surface area contributed by atoms with Crippen LogP contribution in [0.2, 0.25) is 19.6 Å². The first-order valence-corrected chi connectivity index (χ1v) is 11.8. The fourth-order valence-electron chi connectivity index (χ4n) is 2.51. The minimum Gasteiger partial charge on any atom is -0.629 e. The Balaban J connectivity index is 0.000000436. The second-order valence-electron chi connectivity index (χ2n) is 7.55. The second kappa shape index (κ2) is 9.38. The first kappa shape index (κ1) is 23.7. The van der Waals surface area contributed by atoms with Crippen molar-refractivity contribution >= 4 is 8.32 Å². The Hall–Kier alpha value is -0.340. The van der Waals surface area contributed by atoms with E-state index in [2.05, 4.69) is 66.4 Å². The maximum absolute atomic E-state index is 5.84. The molecule has 0 aromatic heterocycles. The van der Waals surface area contributed by atoms with E-state index in [-0.39, 0.29) is 31.6 Å². The van der Waals surface area contributed by atoms with Crippen molar-refractivity contribution < 1.29 is 35.4 Å². The summed E-state index contributed by atoms with van der Waals surface area (Å²) in [5.74, 6) is 1.69. The molecule has 0 aromatic carbocycles. The molecule has 0 spiro atoms. The molecule has 2 rings (SSSR count). The number of hydrogen-bond acceptors (Lipinski definition) is 2. The Morgan fingerprint density at radius 1 is 1.17 bits per heavy atom. The summed E-state index contributed by atoms with van der Waals surface area (Å²) in [4.78, 5) is 0. The van der Waals surface area contributed by atoms with E-state index in [4.69, 9.17) is 9.16 Å². The number of rotatable bonds is 4. The molecule has 0 fully saturated rings. The molecule has 4 heteroatoms. The van der Waals surface area contributed by atoms with Crippen molar-refractivity contribution in [3.63, 3.8) is 0 Å². The molecule has 2 aliphatic carbocycles. The van der Waals surface area contributed by atoms with Crippen LogP contribution in [0.25, 0.3) is 0 Å². The fraction of sp³-hybridized carbons (Fsp3) is 0.600. The SMILES string of the molecule is CC1=[C-]C(C)(C)C(C)=C1C.CCOC1=[C-]CC=C1O[Si](C)(C)C.[Zr+2]. The summed E-state index contributed by atoms with van der Waals surface area (Å²) in [7, 11) is -1.50. The minimum absolute atomic E-state index is 0. The van der Waals surface area contributed by atoms with Crippen molar-refractivity contribution in [3.05, 3.63) is 46.5 Å². The summed E-state index contributed by atoms with van der Waals surface area (Å²) in [6.45, 7) is 20.1. The van der Waals surface area contributed by atoms with Gasteiger partial charge in [0, 0.05) is 0 Å². The van der Waals surface area contributed by atoms with Crippen molar-refractivity contribution in [2.24, 2.45) is 5.41 Å². The molecule has 0 saturated carbocycles. The quantitative estimate of drug-likeness (QED) is 0.410. The molecule has 2 aliphatic rings. The van der Waals surface area contributed by atoms with Crippen LogP contribution in [0.5, 0.6) is 0 Å². The second-order valence-corrected chi connectivity index (χ2v) is 12.0. The molecule has 132 valence electrons. The van der Waals surface area contributed by atoms with Crippen LogP contribution in [-0.2, 0) is 35.4 Å². The zero-order chi connectivity index (χ0) is 17.8. The third-order valence-corrected chi connectivity index (χ3v) is 4.87. The Bertz CT molecular complexity index is 561. The van der Waals surface area contributed by atoms with Crippen LogP contribution in [0, 0.1) is 17.6 Å². The fourth-order valence-corrected chi connectivity index (χ4v) is 3.34. The van der Waals surface area contributed by atoms with E-state index >= 15 is 0 Å². The van der Waals surface area contributed by atoms with Gasteiger partial charge in [0.25, 0.3) is 0 Å². The predicted molar refractivity (Wildman–Crippen MR) is 100 cm³/mol. The van der Waals surface area contributed by atoms with Crippen LogP contribution < -0.4 is 0 Å². The van der Waals surface area contributed by atoms with E-state index in [1.54, 1.807) is 0 Å². The number of hydrogen-bond donors (Lipinski definition) is 0. The minimum atomic E-state index is -1.50. The van der Waals surface area contributed by atoms with E-state index in [1.807, 2.05) is 13.0 Å². The Labute approximate surface area is 169 Å². The number of allylic oxidation sites excluding steroid dienone is 6. The Kier molecular flexibility index (Phi) is 9.25. The maximum Gasteiger partial charge on any atom is 2.00 e. The van der Waals surface area contributed by atoms with E-state index in [1.165, 1.54) is 16.7 Å². The molecule has 2 nitrogen and oxygen atoms in total. The predicted octanol–water partition coefficient (Wildman–Crippen LogP) is 5.96. The van der Waals surface area contributed by atoms with Gasteiger partial charge in [-0.15, -0.1) is 19.4 Å². The van der Waals surface area contributed by atoms with E-state index < -0.39 is 8.32 Å². The van der Waals surface area contributed by atoms with Crippen LogP contribution in [0.4, 0.5) is 0 Å². The van der Waals surface area contributed by atoms with Crippen LogP contribution >= 0.6 is 0 Å². The summed E-state index contributed by atoms with van der Waals surface area (Å²) in [5.41, 5.74) is 4.39. The molecule has 24 heavy (non-hydrogen) atoms. The van der Waals surface area contributed by atoms with E-state index in [9.17, 15) is 0 Å². The van der Waals surface area contributed by atoms with Crippen molar-refractivity contribution in [2.75, 3.05) is 6.61 Å². The topological polar surface area (TPSA) is 18.5 Å². The van der Waals surface area contributed by atoms with Crippen LogP contribution in [0.1, 0.15) is 48.0 Å². The van der Waals surface area contributed by atoms with Crippen molar-refractivity contribution in [1.29, 1.82) is 0 Å². The average Bonchev–Trinajstić information content (AvgIpc) is 2.89. The molecule has 0 bridgehead atoms. The maximum atomic E-state index is 5.84. The molecule has 0 heterocycles. The number of ether oxygens (including phenoxy) is 1. The zero-order valence-corrected chi connectivity index (χ0v) is 20.3. The average molecular weight is 424 g/mol.